The van der Waals surface area contributed by atoms with Gasteiger partial charge in [-0.1, -0.05) is 43.0 Å². The molecule has 6 rings (SSSR count). The van der Waals surface area contributed by atoms with Gasteiger partial charge in [0.2, 0.25) is 17.7 Å². The Morgan fingerprint density at radius 1 is 1.03 bits per heavy atom. The van der Waals surface area contributed by atoms with E-state index in [4.69, 9.17) is 21.1 Å². The van der Waals surface area contributed by atoms with Gasteiger partial charge in [-0.2, -0.15) is 0 Å². The third-order valence-electron chi connectivity index (χ3n) is 8.97. The Bertz CT molecular complexity index is 1120. The van der Waals surface area contributed by atoms with Gasteiger partial charge in [-0.15, -0.1) is 0 Å². The second-order valence-corrected chi connectivity index (χ2v) is 11.8. The Hall–Kier alpha value is -2.46. The summed E-state index contributed by atoms with van der Waals surface area (Å²) < 4.78 is 11.9. The van der Waals surface area contributed by atoms with Crippen molar-refractivity contribution < 1.29 is 23.9 Å². The number of hydrogen-bond donors (Lipinski definition) is 2. The molecule has 5 aliphatic rings. The maximum Gasteiger partial charge on any atom is 0.246 e. The fourth-order valence-corrected chi connectivity index (χ4v) is 7.21. The monoisotopic (exact) mass is 556 g/mol. The molecule has 3 amide bonds. The van der Waals surface area contributed by atoms with E-state index in [-0.39, 0.29) is 23.8 Å². The average molecular weight is 557 g/mol. The van der Waals surface area contributed by atoms with E-state index in [0.717, 1.165) is 51.7 Å². The van der Waals surface area contributed by atoms with Crippen molar-refractivity contribution in [3.63, 3.8) is 0 Å². The lowest BCUT2D eigenvalue weighted by atomic mass is 9.74. The first-order chi connectivity index (χ1) is 19.0. The predicted octanol–water partition coefficient (Wildman–Crippen LogP) is 2.60. The van der Waals surface area contributed by atoms with Crippen LogP contribution in [0.3, 0.4) is 0 Å². The highest BCUT2D eigenvalue weighted by Gasteiger charge is 2.72. The largest absolute Gasteiger partial charge is 0.379 e. The number of hydrogen-bond acceptors (Lipinski definition) is 6. The van der Waals surface area contributed by atoms with Gasteiger partial charge in [0.15, 0.2) is 0 Å². The molecular formula is C29H37ClN4O5. The van der Waals surface area contributed by atoms with Crippen LogP contribution < -0.4 is 10.6 Å². The van der Waals surface area contributed by atoms with Crippen LogP contribution in [0.2, 0.25) is 5.02 Å². The van der Waals surface area contributed by atoms with E-state index in [9.17, 15) is 14.4 Å². The van der Waals surface area contributed by atoms with Crippen molar-refractivity contribution >= 4 is 35.0 Å². The van der Waals surface area contributed by atoms with Crippen LogP contribution in [0.1, 0.15) is 38.5 Å². The average Bonchev–Trinajstić information content (AvgIpc) is 3.58. The van der Waals surface area contributed by atoms with Crippen molar-refractivity contribution in [1.29, 1.82) is 0 Å². The number of morpholine rings is 1. The number of carbonyl (C=O) groups excluding carboxylic acids is 3. The first-order valence-electron chi connectivity index (χ1n) is 14.3. The predicted molar refractivity (Wildman–Crippen MR) is 146 cm³/mol. The molecule has 10 heteroatoms. The number of benzene rings is 1. The SMILES string of the molecule is O=C(Nc1ccc(Cl)cc1)[C@@H]1[C@@H]2C=C[C@]3(O2)[C@@H]1C(=O)N(CCCN1CCOCC1)[C@@H]3C(=O)NC1CCCCC1. The second-order valence-electron chi connectivity index (χ2n) is 11.4. The van der Waals surface area contributed by atoms with E-state index in [1.54, 1.807) is 29.2 Å². The molecule has 1 aliphatic carbocycles. The van der Waals surface area contributed by atoms with Crippen molar-refractivity contribution in [2.45, 2.75) is 62.3 Å². The Kier molecular flexibility index (Phi) is 7.68. The highest BCUT2D eigenvalue weighted by Crippen LogP contribution is 2.55. The molecule has 2 N–H and O–H groups in total. The molecule has 0 radical (unpaired) electrons. The number of amides is 3. The van der Waals surface area contributed by atoms with Crippen molar-refractivity contribution in [1.82, 2.24) is 15.1 Å². The minimum atomic E-state index is -1.14. The fraction of sp³-hybridized carbons (Fsp3) is 0.621. The maximum absolute atomic E-state index is 14.1. The second kappa shape index (κ2) is 11.2. The summed E-state index contributed by atoms with van der Waals surface area (Å²) in [5, 5.41) is 6.75. The molecule has 1 saturated carbocycles. The summed E-state index contributed by atoms with van der Waals surface area (Å²) in [6.07, 6.45) is 9.19. The van der Waals surface area contributed by atoms with E-state index < -0.39 is 29.6 Å². The third-order valence-corrected chi connectivity index (χ3v) is 9.22. The summed E-state index contributed by atoms with van der Waals surface area (Å²) in [6.45, 7) is 4.42. The zero-order valence-electron chi connectivity index (χ0n) is 22.1. The highest BCUT2D eigenvalue weighted by atomic mass is 35.5. The minimum absolute atomic E-state index is 0.110. The van der Waals surface area contributed by atoms with Gasteiger partial charge in [0, 0.05) is 42.9 Å². The van der Waals surface area contributed by atoms with Gasteiger partial charge in [0.25, 0.3) is 0 Å². The number of fused-ring (bicyclic) bond motifs is 1. The molecule has 0 aromatic heterocycles. The van der Waals surface area contributed by atoms with E-state index in [1.807, 2.05) is 12.2 Å². The summed E-state index contributed by atoms with van der Waals surface area (Å²) in [6, 6.07) is 6.19. The topological polar surface area (TPSA) is 100 Å². The number of nitrogens with one attached hydrogen (secondary N) is 2. The van der Waals surface area contributed by atoms with Gasteiger partial charge >= 0.3 is 0 Å². The van der Waals surface area contributed by atoms with Gasteiger partial charge in [0.1, 0.15) is 11.6 Å². The van der Waals surface area contributed by atoms with Crippen LogP contribution in [0, 0.1) is 11.8 Å². The number of carbonyl (C=O) groups is 3. The number of halogens is 1. The number of anilines is 1. The Balaban J connectivity index is 1.23. The lowest BCUT2D eigenvalue weighted by Crippen LogP contribution is -2.56. The van der Waals surface area contributed by atoms with Gasteiger partial charge < -0.3 is 25.0 Å². The summed E-state index contributed by atoms with van der Waals surface area (Å²) in [4.78, 5) is 45.5. The standard InChI is InChI=1S/C29H37ClN4O5/c30-19-7-9-21(10-8-19)31-26(35)23-22-11-12-29(39-22)24(23)28(37)34(14-4-13-33-15-17-38-18-16-33)25(29)27(36)32-20-5-2-1-3-6-20/h7-12,20,22-25H,1-6,13-18H2,(H,31,35)(H,32,36)/t22-,23+,24-,25+,29-/m0/s1. The van der Waals surface area contributed by atoms with Crippen molar-refractivity contribution in [2.75, 3.05) is 44.7 Å². The smallest absolute Gasteiger partial charge is 0.246 e. The van der Waals surface area contributed by atoms with Gasteiger partial charge in [-0.3, -0.25) is 19.3 Å². The van der Waals surface area contributed by atoms with Crippen LogP contribution in [-0.4, -0.2) is 90.7 Å². The molecule has 4 fully saturated rings. The Morgan fingerprint density at radius 3 is 2.51 bits per heavy atom. The summed E-state index contributed by atoms with van der Waals surface area (Å²) in [7, 11) is 0. The number of ether oxygens (including phenoxy) is 2. The fourth-order valence-electron chi connectivity index (χ4n) is 7.08. The van der Waals surface area contributed by atoms with E-state index >= 15 is 0 Å². The quantitative estimate of drug-likeness (QED) is 0.478. The number of nitrogens with zero attached hydrogens (tertiary/aromatic N) is 2. The lowest BCUT2D eigenvalue weighted by Gasteiger charge is -2.34. The van der Waals surface area contributed by atoms with Gasteiger partial charge in [-0.25, -0.2) is 0 Å². The van der Waals surface area contributed by atoms with Crippen molar-refractivity contribution in [2.24, 2.45) is 11.8 Å². The zero-order valence-corrected chi connectivity index (χ0v) is 22.9. The van der Waals surface area contributed by atoms with Crippen LogP contribution >= 0.6 is 11.6 Å². The molecule has 3 saturated heterocycles. The summed E-state index contributed by atoms with van der Waals surface area (Å²) in [5.41, 5.74) is -0.536. The number of likely N-dealkylation sites (tertiary alicyclic amines) is 1. The van der Waals surface area contributed by atoms with Gasteiger partial charge in [0.05, 0.1) is 31.2 Å². The zero-order chi connectivity index (χ0) is 27.0. The molecule has 4 heterocycles. The van der Waals surface area contributed by atoms with E-state index in [1.165, 1.54) is 6.42 Å². The van der Waals surface area contributed by atoms with Gasteiger partial charge in [-0.05, 0) is 43.5 Å². The van der Waals surface area contributed by atoms with Crippen LogP contribution in [0.25, 0.3) is 0 Å². The van der Waals surface area contributed by atoms with Crippen LogP contribution in [0.4, 0.5) is 5.69 Å². The lowest BCUT2D eigenvalue weighted by molar-refractivity contribution is -0.141. The van der Waals surface area contributed by atoms with Crippen LogP contribution in [0.5, 0.6) is 0 Å². The van der Waals surface area contributed by atoms with Crippen molar-refractivity contribution in [3.8, 4) is 0 Å². The highest BCUT2D eigenvalue weighted by molar-refractivity contribution is 6.30. The molecule has 0 unspecified atom stereocenters. The number of rotatable bonds is 8. The normalized spacial score (nSPS) is 32.4. The van der Waals surface area contributed by atoms with Crippen molar-refractivity contribution in [3.05, 3.63) is 41.4 Å². The molecule has 1 aromatic rings. The molecular weight excluding hydrogens is 520 g/mol. The maximum atomic E-state index is 14.1. The molecule has 2 bridgehead atoms. The molecule has 5 atom stereocenters. The molecule has 1 aromatic carbocycles. The Labute approximate surface area is 234 Å². The molecule has 9 nitrogen and oxygen atoms in total. The van der Waals surface area contributed by atoms with Crippen LogP contribution in [0.15, 0.2) is 36.4 Å². The first kappa shape index (κ1) is 26.7. The molecule has 210 valence electrons. The summed E-state index contributed by atoms with van der Waals surface area (Å²) >= 11 is 6.00. The summed E-state index contributed by atoms with van der Waals surface area (Å²) in [5.74, 6) is -2.09. The van der Waals surface area contributed by atoms with Crippen LogP contribution in [-0.2, 0) is 23.9 Å². The molecule has 1 spiro atoms. The Morgan fingerprint density at radius 2 is 1.77 bits per heavy atom. The molecule has 39 heavy (non-hydrogen) atoms. The van der Waals surface area contributed by atoms with E-state index in [0.29, 0.717) is 30.5 Å². The third kappa shape index (κ3) is 5.10. The minimum Gasteiger partial charge on any atom is -0.379 e. The van der Waals surface area contributed by atoms with E-state index in [2.05, 4.69) is 15.5 Å². The molecule has 4 aliphatic heterocycles. The first-order valence-corrected chi connectivity index (χ1v) is 14.7.